The summed E-state index contributed by atoms with van der Waals surface area (Å²) in [5.74, 6) is 1.58. The molecule has 24 heavy (non-hydrogen) atoms. The van der Waals surface area contributed by atoms with Crippen molar-refractivity contribution in [1.29, 1.82) is 0 Å². The SMILES string of the molecule is COc1c(-c2nc3ncccc3[nH]2)ccc2c(N(C)C)cccc12. The first-order chi connectivity index (χ1) is 11.7. The third kappa shape index (κ3) is 2.17. The average Bonchev–Trinajstić information content (AvgIpc) is 3.03. The number of nitrogens with one attached hydrogen (secondary N) is 1. The number of hydrogen-bond acceptors (Lipinski definition) is 4. The Balaban J connectivity index is 1.99. The molecule has 120 valence electrons. The number of aromatic nitrogens is 3. The van der Waals surface area contributed by atoms with E-state index in [1.165, 1.54) is 0 Å². The highest BCUT2D eigenvalue weighted by Crippen LogP contribution is 2.39. The van der Waals surface area contributed by atoms with Gasteiger partial charge in [-0.2, -0.15) is 0 Å². The number of imidazole rings is 1. The summed E-state index contributed by atoms with van der Waals surface area (Å²) >= 11 is 0. The van der Waals surface area contributed by atoms with Crippen molar-refractivity contribution in [1.82, 2.24) is 15.0 Å². The topological polar surface area (TPSA) is 54.0 Å². The van der Waals surface area contributed by atoms with Gasteiger partial charge < -0.3 is 14.6 Å². The molecule has 0 aliphatic heterocycles. The van der Waals surface area contributed by atoms with Crippen molar-refractivity contribution in [3.05, 3.63) is 48.7 Å². The molecule has 0 amide bonds. The first kappa shape index (κ1) is 14.5. The minimum atomic E-state index is 0.705. The number of nitrogens with zero attached hydrogens (tertiary/aromatic N) is 3. The van der Waals surface area contributed by atoms with Crippen molar-refractivity contribution in [2.45, 2.75) is 0 Å². The minimum absolute atomic E-state index is 0.705. The molecule has 2 aromatic heterocycles. The lowest BCUT2D eigenvalue weighted by Gasteiger charge is -2.17. The number of aromatic amines is 1. The monoisotopic (exact) mass is 318 g/mol. The van der Waals surface area contributed by atoms with Gasteiger partial charge in [0, 0.05) is 36.8 Å². The third-order valence-corrected chi connectivity index (χ3v) is 4.19. The van der Waals surface area contributed by atoms with Crippen LogP contribution < -0.4 is 9.64 Å². The van der Waals surface area contributed by atoms with Crippen molar-refractivity contribution in [2.24, 2.45) is 0 Å². The summed E-state index contributed by atoms with van der Waals surface area (Å²) in [6.07, 6.45) is 1.74. The average molecular weight is 318 g/mol. The summed E-state index contributed by atoms with van der Waals surface area (Å²) in [5, 5.41) is 2.21. The van der Waals surface area contributed by atoms with Crippen LogP contribution in [0.4, 0.5) is 5.69 Å². The molecular formula is C19H18N4O. The smallest absolute Gasteiger partial charge is 0.178 e. The van der Waals surface area contributed by atoms with Crippen LogP contribution in [0.15, 0.2) is 48.7 Å². The number of ether oxygens (including phenoxy) is 1. The van der Waals surface area contributed by atoms with E-state index < -0.39 is 0 Å². The lowest BCUT2D eigenvalue weighted by Crippen LogP contribution is -2.09. The fourth-order valence-corrected chi connectivity index (χ4v) is 3.08. The van der Waals surface area contributed by atoms with Gasteiger partial charge in [-0.25, -0.2) is 9.97 Å². The molecule has 0 saturated carbocycles. The molecule has 1 N–H and O–H groups in total. The molecule has 4 aromatic rings. The van der Waals surface area contributed by atoms with Gasteiger partial charge in [0.05, 0.1) is 18.2 Å². The number of pyridine rings is 1. The van der Waals surface area contributed by atoms with Gasteiger partial charge in [0.15, 0.2) is 5.65 Å². The molecule has 0 unspecified atom stereocenters. The van der Waals surface area contributed by atoms with Crippen molar-refractivity contribution in [3.8, 4) is 17.1 Å². The molecular weight excluding hydrogens is 300 g/mol. The van der Waals surface area contributed by atoms with Gasteiger partial charge in [-0.3, -0.25) is 0 Å². The number of benzene rings is 2. The quantitative estimate of drug-likeness (QED) is 0.623. The van der Waals surface area contributed by atoms with E-state index in [4.69, 9.17) is 4.74 Å². The standard InChI is InChI=1S/C19H18N4O/c1-23(2)16-8-4-6-13-12(16)9-10-14(17(13)24-3)18-21-15-7-5-11-20-19(15)22-18/h4-11H,1-3H3,(H,20,21,22). The highest BCUT2D eigenvalue weighted by atomic mass is 16.5. The lowest BCUT2D eigenvalue weighted by atomic mass is 10.0. The minimum Gasteiger partial charge on any atom is -0.495 e. The van der Waals surface area contributed by atoms with Crippen LogP contribution in [0.5, 0.6) is 5.75 Å². The molecule has 0 radical (unpaired) electrons. The maximum Gasteiger partial charge on any atom is 0.178 e. The largest absolute Gasteiger partial charge is 0.495 e. The van der Waals surface area contributed by atoms with Gasteiger partial charge in [0.25, 0.3) is 0 Å². The van der Waals surface area contributed by atoms with Crippen LogP contribution in [0.2, 0.25) is 0 Å². The second-order valence-corrected chi connectivity index (χ2v) is 5.87. The van der Waals surface area contributed by atoms with Crippen LogP contribution in [-0.2, 0) is 0 Å². The van der Waals surface area contributed by atoms with Gasteiger partial charge in [0.1, 0.15) is 11.6 Å². The molecule has 0 aliphatic carbocycles. The fourth-order valence-electron chi connectivity index (χ4n) is 3.08. The van der Waals surface area contributed by atoms with Gasteiger partial charge in [-0.05, 0) is 24.3 Å². The second-order valence-electron chi connectivity index (χ2n) is 5.87. The first-order valence-corrected chi connectivity index (χ1v) is 7.77. The third-order valence-electron chi connectivity index (χ3n) is 4.19. The van der Waals surface area contributed by atoms with Crippen molar-refractivity contribution >= 4 is 27.6 Å². The van der Waals surface area contributed by atoms with Gasteiger partial charge in [0.2, 0.25) is 0 Å². The predicted octanol–water partition coefficient (Wildman–Crippen LogP) is 3.85. The summed E-state index contributed by atoms with van der Waals surface area (Å²) in [5.41, 5.74) is 3.70. The molecule has 4 rings (SSSR count). The molecule has 0 atom stereocenters. The van der Waals surface area contributed by atoms with Crippen molar-refractivity contribution in [3.63, 3.8) is 0 Å². The van der Waals surface area contributed by atoms with E-state index in [2.05, 4.69) is 38.1 Å². The Labute approximate surface area is 139 Å². The Hall–Kier alpha value is -3.08. The second kappa shape index (κ2) is 5.53. The number of methoxy groups -OCH3 is 1. The van der Waals surface area contributed by atoms with Crippen LogP contribution >= 0.6 is 0 Å². The highest BCUT2D eigenvalue weighted by Gasteiger charge is 2.15. The fraction of sp³-hybridized carbons (Fsp3) is 0.158. The van der Waals surface area contributed by atoms with Crippen LogP contribution in [0.1, 0.15) is 0 Å². The van der Waals surface area contributed by atoms with Gasteiger partial charge >= 0.3 is 0 Å². The zero-order valence-electron chi connectivity index (χ0n) is 13.9. The lowest BCUT2D eigenvalue weighted by molar-refractivity contribution is 0.421. The number of hydrogen-bond donors (Lipinski definition) is 1. The molecule has 5 nitrogen and oxygen atoms in total. The summed E-state index contributed by atoms with van der Waals surface area (Å²) in [4.78, 5) is 14.3. The first-order valence-electron chi connectivity index (χ1n) is 7.77. The van der Waals surface area contributed by atoms with E-state index in [1.54, 1.807) is 13.3 Å². The Morgan fingerprint density at radius 2 is 1.88 bits per heavy atom. The molecule has 5 heteroatoms. The summed E-state index contributed by atoms with van der Waals surface area (Å²) < 4.78 is 5.74. The van der Waals surface area contributed by atoms with Gasteiger partial charge in [-0.1, -0.05) is 18.2 Å². The number of anilines is 1. The molecule has 2 heterocycles. The zero-order valence-corrected chi connectivity index (χ0v) is 13.9. The highest BCUT2D eigenvalue weighted by molar-refractivity contribution is 6.01. The summed E-state index contributed by atoms with van der Waals surface area (Å²) in [6, 6.07) is 14.2. The van der Waals surface area contributed by atoms with Crippen molar-refractivity contribution in [2.75, 3.05) is 26.1 Å². The van der Waals surface area contributed by atoms with E-state index >= 15 is 0 Å². The predicted molar refractivity (Wildman–Crippen MR) is 97.7 cm³/mol. The van der Waals surface area contributed by atoms with Crippen LogP contribution in [0.25, 0.3) is 33.3 Å². The van der Waals surface area contributed by atoms with Crippen LogP contribution in [0.3, 0.4) is 0 Å². The van der Waals surface area contributed by atoms with Crippen LogP contribution in [0, 0.1) is 0 Å². The van der Waals surface area contributed by atoms with Crippen LogP contribution in [-0.4, -0.2) is 36.2 Å². The Kier molecular flexibility index (Phi) is 3.34. The van der Waals surface area contributed by atoms with Crippen molar-refractivity contribution < 1.29 is 4.74 Å². The maximum absolute atomic E-state index is 5.74. The Morgan fingerprint density at radius 1 is 1.00 bits per heavy atom. The molecule has 0 saturated heterocycles. The molecule has 0 spiro atoms. The Bertz CT molecular complexity index is 1000. The summed E-state index contributed by atoms with van der Waals surface area (Å²) in [7, 11) is 5.78. The molecule has 0 fully saturated rings. The Morgan fingerprint density at radius 3 is 2.62 bits per heavy atom. The van der Waals surface area contributed by atoms with E-state index in [0.717, 1.165) is 39.1 Å². The van der Waals surface area contributed by atoms with E-state index in [0.29, 0.717) is 5.65 Å². The maximum atomic E-state index is 5.74. The number of H-pyrrole nitrogens is 1. The number of rotatable bonds is 3. The molecule has 2 aromatic carbocycles. The molecule has 0 bridgehead atoms. The normalized spacial score (nSPS) is 11.1. The van der Waals surface area contributed by atoms with E-state index in [9.17, 15) is 0 Å². The summed E-state index contributed by atoms with van der Waals surface area (Å²) in [6.45, 7) is 0. The van der Waals surface area contributed by atoms with Gasteiger partial charge in [-0.15, -0.1) is 0 Å². The number of fused-ring (bicyclic) bond motifs is 2. The zero-order chi connectivity index (χ0) is 16.7. The molecule has 0 aliphatic rings. The van der Waals surface area contributed by atoms with E-state index in [1.807, 2.05) is 38.4 Å². The van der Waals surface area contributed by atoms with E-state index in [-0.39, 0.29) is 0 Å².